The summed E-state index contributed by atoms with van der Waals surface area (Å²) in [6, 6.07) is 5.05. The first kappa shape index (κ1) is 16.7. The molecule has 0 aliphatic carbocycles. The molecule has 1 aliphatic rings. The van der Waals surface area contributed by atoms with Crippen LogP contribution in [0.15, 0.2) is 34.2 Å². The summed E-state index contributed by atoms with van der Waals surface area (Å²) in [7, 11) is -3.55. The Morgan fingerprint density at radius 3 is 2.68 bits per heavy atom. The summed E-state index contributed by atoms with van der Waals surface area (Å²) in [6.45, 7) is 5.27. The number of piperidine rings is 1. The smallest absolute Gasteiger partial charge is 0.268 e. The number of hydrogen-bond acceptors (Lipinski definition) is 5. The second-order valence-corrected chi connectivity index (χ2v) is 9.93. The molecule has 1 aliphatic heterocycles. The average Bonchev–Trinajstić information content (AvgIpc) is 2.93. The number of aromatic nitrogens is 2. The average molecular weight is 377 g/mol. The van der Waals surface area contributed by atoms with Gasteiger partial charge in [0.2, 0.25) is 10.0 Å². The van der Waals surface area contributed by atoms with Crippen LogP contribution in [-0.4, -0.2) is 35.8 Å². The summed E-state index contributed by atoms with van der Waals surface area (Å²) in [5.41, 5.74) is 0.357. The van der Waals surface area contributed by atoms with Gasteiger partial charge in [-0.3, -0.25) is 4.79 Å². The summed E-state index contributed by atoms with van der Waals surface area (Å²) < 4.78 is 29.1. The van der Waals surface area contributed by atoms with Gasteiger partial charge < -0.3 is 4.98 Å². The van der Waals surface area contributed by atoms with E-state index in [0.717, 1.165) is 11.1 Å². The molecule has 0 radical (unpaired) electrons. The lowest BCUT2D eigenvalue weighted by molar-refractivity contribution is 0.222. The maximum absolute atomic E-state index is 13.1. The topological polar surface area (TPSA) is 83.1 Å². The standard InChI is InChI=1S/C17H19N3O3S2/c1-10-5-11(2)8-20(7-10)25(22,23)12-3-4-14-13(6-12)15-16(24-14)17(21)19-9-18-15/h3-4,6,9-11H,5,7-8H2,1-2H3,(H,18,19,21). The SMILES string of the molecule is CC1CC(C)CN(S(=O)(=O)c2ccc3sc4c(=O)[nH]cnc4c3c2)C1. The Balaban J connectivity index is 1.85. The van der Waals surface area contributed by atoms with Crippen LogP contribution in [-0.2, 0) is 10.0 Å². The summed E-state index contributed by atoms with van der Waals surface area (Å²) in [6.07, 6.45) is 2.40. The van der Waals surface area contributed by atoms with Crippen LogP contribution in [0.5, 0.6) is 0 Å². The van der Waals surface area contributed by atoms with Gasteiger partial charge in [0, 0.05) is 23.2 Å². The van der Waals surface area contributed by atoms with Crippen LogP contribution in [0.1, 0.15) is 20.3 Å². The molecule has 1 fully saturated rings. The lowest BCUT2D eigenvalue weighted by atomic mass is 9.94. The zero-order valence-electron chi connectivity index (χ0n) is 14.0. The molecule has 3 aromatic rings. The van der Waals surface area contributed by atoms with Crippen LogP contribution >= 0.6 is 11.3 Å². The number of nitrogens with zero attached hydrogens (tertiary/aromatic N) is 2. The van der Waals surface area contributed by atoms with Crippen LogP contribution in [0.2, 0.25) is 0 Å². The molecule has 4 rings (SSSR count). The van der Waals surface area contributed by atoms with E-state index in [-0.39, 0.29) is 10.5 Å². The van der Waals surface area contributed by atoms with E-state index in [2.05, 4.69) is 23.8 Å². The molecule has 0 spiro atoms. The fourth-order valence-electron chi connectivity index (χ4n) is 3.68. The molecule has 2 aromatic heterocycles. The van der Waals surface area contributed by atoms with Crippen LogP contribution in [0, 0.1) is 11.8 Å². The Kier molecular flexibility index (Phi) is 3.93. The minimum absolute atomic E-state index is 0.200. The maximum atomic E-state index is 13.1. The van der Waals surface area contributed by atoms with E-state index in [1.54, 1.807) is 22.5 Å². The Morgan fingerprint density at radius 2 is 1.96 bits per heavy atom. The van der Waals surface area contributed by atoms with Gasteiger partial charge in [0.05, 0.1) is 16.7 Å². The monoisotopic (exact) mass is 377 g/mol. The van der Waals surface area contributed by atoms with Crippen molar-refractivity contribution in [3.8, 4) is 0 Å². The number of rotatable bonds is 2. The molecule has 1 aromatic carbocycles. The van der Waals surface area contributed by atoms with Crippen LogP contribution in [0.25, 0.3) is 20.3 Å². The molecule has 25 heavy (non-hydrogen) atoms. The molecule has 0 bridgehead atoms. The number of sulfonamides is 1. The van der Waals surface area contributed by atoms with Crippen LogP contribution in [0.3, 0.4) is 0 Å². The van der Waals surface area contributed by atoms with Gasteiger partial charge in [-0.05, 0) is 36.5 Å². The number of thiophene rings is 1. The summed E-state index contributed by atoms with van der Waals surface area (Å²) in [5.74, 6) is 0.703. The molecule has 0 saturated carbocycles. The summed E-state index contributed by atoms with van der Waals surface area (Å²) in [4.78, 5) is 19.0. The quantitative estimate of drug-likeness (QED) is 0.744. The first-order valence-electron chi connectivity index (χ1n) is 8.26. The number of benzene rings is 1. The zero-order chi connectivity index (χ0) is 17.8. The third kappa shape index (κ3) is 2.78. The molecule has 132 valence electrons. The molecule has 8 heteroatoms. The van der Waals surface area contributed by atoms with E-state index >= 15 is 0 Å². The predicted octanol–water partition coefficient (Wildman–Crippen LogP) is 2.80. The fraction of sp³-hybridized carbons (Fsp3) is 0.412. The molecule has 6 nitrogen and oxygen atoms in total. The lowest BCUT2D eigenvalue weighted by Crippen LogP contribution is -2.42. The number of nitrogens with one attached hydrogen (secondary N) is 1. The Morgan fingerprint density at radius 1 is 1.24 bits per heavy atom. The van der Waals surface area contributed by atoms with Gasteiger partial charge in [-0.25, -0.2) is 13.4 Å². The zero-order valence-corrected chi connectivity index (χ0v) is 15.7. The highest BCUT2D eigenvalue weighted by Crippen LogP contribution is 2.33. The van der Waals surface area contributed by atoms with Crippen molar-refractivity contribution in [1.29, 1.82) is 0 Å². The maximum Gasteiger partial charge on any atom is 0.268 e. The Hall–Kier alpha value is -1.77. The van der Waals surface area contributed by atoms with Gasteiger partial charge in [0.25, 0.3) is 5.56 Å². The van der Waals surface area contributed by atoms with Crippen molar-refractivity contribution < 1.29 is 8.42 Å². The van der Waals surface area contributed by atoms with Gasteiger partial charge in [-0.1, -0.05) is 13.8 Å². The second kappa shape index (κ2) is 5.89. The number of aromatic amines is 1. The van der Waals surface area contributed by atoms with Crippen LogP contribution < -0.4 is 5.56 Å². The number of hydrogen-bond donors (Lipinski definition) is 1. The largest absolute Gasteiger partial charge is 0.312 e. The predicted molar refractivity (Wildman–Crippen MR) is 99.5 cm³/mol. The van der Waals surface area contributed by atoms with Crippen molar-refractivity contribution >= 4 is 41.7 Å². The molecule has 1 N–H and O–H groups in total. The first-order valence-corrected chi connectivity index (χ1v) is 10.5. The third-order valence-electron chi connectivity index (χ3n) is 4.70. The van der Waals surface area contributed by atoms with Crippen molar-refractivity contribution in [2.75, 3.05) is 13.1 Å². The molecular formula is C17H19N3O3S2. The minimum Gasteiger partial charge on any atom is -0.312 e. The van der Waals surface area contributed by atoms with E-state index in [1.807, 2.05) is 0 Å². The van der Waals surface area contributed by atoms with Crippen LogP contribution in [0.4, 0.5) is 0 Å². The minimum atomic E-state index is -3.55. The Labute approximate surface area is 149 Å². The van der Waals surface area contributed by atoms with Gasteiger partial charge in [0.1, 0.15) is 4.70 Å². The van der Waals surface area contributed by atoms with E-state index in [1.165, 1.54) is 17.7 Å². The fourth-order valence-corrected chi connectivity index (χ4v) is 6.42. The third-order valence-corrected chi connectivity index (χ3v) is 7.69. The van der Waals surface area contributed by atoms with E-state index in [4.69, 9.17) is 0 Å². The molecule has 0 amide bonds. The van der Waals surface area contributed by atoms with Crippen molar-refractivity contribution in [2.24, 2.45) is 11.8 Å². The van der Waals surface area contributed by atoms with E-state index < -0.39 is 10.0 Å². The molecule has 2 unspecified atom stereocenters. The van der Waals surface area contributed by atoms with Gasteiger partial charge in [0.15, 0.2) is 0 Å². The highest BCUT2D eigenvalue weighted by molar-refractivity contribution is 7.89. The normalized spacial score (nSPS) is 22.6. The molecular weight excluding hydrogens is 358 g/mol. The molecule has 3 heterocycles. The highest BCUT2D eigenvalue weighted by Gasteiger charge is 2.32. The first-order chi connectivity index (χ1) is 11.9. The van der Waals surface area contributed by atoms with Gasteiger partial charge >= 0.3 is 0 Å². The lowest BCUT2D eigenvalue weighted by Gasteiger charge is -2.34. The second-order valence-electron chi connectivity index (χ2n) is 6.94. The Bertz CT molecular complexity index is 1110. The van der Waals surface area contributed by atoms with E-state index in [0.29, 0.717) is 40.5 Å². The van der Waals surface area contributed by atoms with E-state index in [9.17, 15) is 13.2 Å². The summed E-state index contributed by atoms with van der Waals surface area (Å²) >= 11 is 1.33. The summed E-state index contributed by atoms with van der Waals surface area (Å²) in [5, 5.41) is 0.713. The molecule has 2 atom stereocenters. The number of H-pyrrole nitrogens is 1. The van der Waals surface area contributed by atoms with Crippen molar-refractivity contribution in [2.45, 2.75) is 25.2 Å². The van der Waals surface area contributed by atoms with Crippen molar-refractivity contribution in [1.82, 2.24) is 14.3 Å². The molecule has 1 saturated heterocycles. The van der Waals surface area contributed by atoms with Crippen molar-refractivity contribution in [3.05, 3.63) is 34.9 Å². The van der Waals surface area contributed by atoms with Gasteiger partial charge in [-0.2, -0.15) is 4.31 Å². The number of fused-ring (bicyclic) bond motifs is 3. The van der Waals surface area contributed by atoms with Crippen molar-refractivity contribution in [3.63, 3.8) is 0 Å². The van der Waals surface area contributed by atoms with Gasteiger partial charge in [-0.15, -0.1) is 11.3 Å². The highest BCUT2D eigenvalue weighted by atomic mass is 32.2.